The summed E-state index contributed by atoms with van der Waals surface area (Å²) in [5.41, 5.74) is 1.11. The maximum Gasteiger partial charge on any atom is 0.325 e. The second-order valence-electron chi connectivity index (χ2n) is 5.33. The maximum atomic E-state index is 12.8. The minimum Gasteiger partial charge on any atom is -0.454 e. The predicted molar refractivity (Wildman–Crippen MR) is 90.5 cm³/mol. The molecule has 3 aromatic rings. The van der Waals surface area contributed by atoms with Gasteiger partial charge in [0.2, 0.25) is 5.89 Å². The Hall–Kier alpha value is -3.48. The van der Waals surface area contributed by atoms with E-state index in [2.05, 4.69) is 10.3 Å². The summed E-state index contributed by atoms with van der Waals surface area (Å²) in [6.45, 7) is -0.458. The largest absolute Gasteiger partial charge is 0.454 e. The predicted octanol–water partition coefficient (Wildman–Crippen LogP) is 2.95. The fourth-order valence-corrected chi connectivity index (χ4v) is 2.16. The molecule has 6 nitrogen and oxygen atoms in total. The van der Waals surface area contributed by atoms with Crippen LogP contribution in [0, 0.1) is 5.82 Å². The molecule has 3 rings (SSSR count). The van der Waals surface area contributed by atoms with Crippen LogP contribution in [0.1, 0.15) is 16.2 Å². The van der Waals surface area contributed by atoms with E-state index in [4.69, 9.17) is 9.15 Å². The Labute approximate surface area is 148 Å². The van der Waals surface area contributed by atoms with E-state index in [-0.39, 0.29) is 24.6 Å². The molecule has 0 aliphatic heterocycles. The average molecular weight is 354 g/mol. The highest BCUT2D eigenvalue weighted by Gasteiger charge is 2.11. The highest BCUT2D eigenvalue weighted by atomic mass is 19.1. The molecule has 132 valence electrons. The van der Waals surface area contributed by atoms with E-state index >= 15 is 0 Å². The van der Waals surface area contributed by atoms with Gasteiger partial charge in [-0.3, -0.25) is 9.59 Å². The third kappa shape index (κ3) is 4.54. The summed E-state index contributed by atoms with van der Waals surface area (Å²) < 4.78 is 23.3. The number of amides is 1. The van der Waals surface area contributed by atoms with E-state index in [1.165, 1.54) is 24.3 Å². The van der Waals surface area contributed by atoms with E-state index in [1.54, 1.807) is 6.20 Å². The fourth-order valence-electron chi connectivity index (χ4n) is 2.16. The van der Waals surface area contributed by atoms with Crippen LogP contribution in [0.15, 0.2) is 65.2 Å². The number of nitrogens with one attached hydrogen (secondary N) is 1. The van der Waals surface area contributed by atoms with Gasteiger partial charge in [0.25, 0.3) is 5.91 Å². The quantitative estimate of drug-likeness (QED) is 0.688. The van der Waals surface area contributed by atoms with Crippen LogP contribution in [0.3, 0.4) is 0 Å². The lowest BCUT2D eigenvalue weighted by molar-refractivity contribution is -0.144. The van der Waals surface area contributed by atoms with Gasteiger partial charge in [-0.2, -0.15) is 0 Å². The summed E-state index contributed by atoms with van der Waals surface area (Å²) in [7, 11) is 0. The number of hydrogen-bond acceptors (Lipinski definition) is 5. The van der Waals surface area contributed by atoms with Gasteiger partial charge in [-0.15, -0.1) is 0 Å². The number of oxazole rings is 1. The van der Waals surface area contributed by atoms with Crippen LogP contribution < -0.4 is 5.32 Å². The van der Waals surface area contributed by atoms with Gasteiger partial charge in [0, 0.05) is 11.1 Å². The molecule has 1 N–H and O–H groups in total. The van der Waals surface area contributed by atoms with E-state index in [9.17, 15) is 14.0 Å². The van der Waals surface area contributed by atoms with E-state index in [1.807, 2.05) is 30.3 Å². The van der Waals surface area contributed by atoms with Crippen molar-refractivity contribution in [3.63, 3.8) is 0 Å². The van der Waals surface area contributed by atoms with Crippen LogP contribution in [0.2, 0.25) is 0 Å². The monoisotopic (exact) mass is 354 g/mol. The number of hydrogen-bond donors (Lipinski definition) is 1. The number of aromatic nitrogens is 1. The summed E-state index contributed by atoms with van der Waals surface area (Å²) in [4.78, 5) is 27.6. The molecule has 26 heavy (non-hydrogen) atoms. The second-order valence-corrected chi connectivity index (χ2v) is 5.33. The maximum absolute atomic E-state index is 12.8. The lowest BCUT2D eigenvalue weighted by Crippen LogP contribution is -2.30. The number of rotatable bonds is 6. The second kappa shape index (κ2) is 8.06. The Morgan fingerprint density at radius 2 is 1.81 bits per heavy atom. The molecule has 7 heteroatoms. The van der Waals surface area contributed by atoms with Crippen LogP contribution in [0.25, 0.3) is 11.3 Å². The number of carbonyl (C=O) groups excluding carboxylic acids is 2. The number of ether oxygens (including phenoxy) is 1. The first-order chi connectivity index (χ1) is 12.6. The molecule has 2 aromatic carbocycles. The number of carbonyl (C=O) groups is 2. The van der Waals surface area contributed by atoms with Crippen molar-refractivity contribution < 1.29 is 23.1 Å². The van der Waals surface area contributed by atoms with Crippen molar-refractivity contribution in [1.29, 1.82) is 0 Å². The molecule has 0 spiro atoms. The SMILES string of the molecule is O=C(CNC(=O)c1ccc(F)cc1)OCc1ncc(-c2ccccc2)o1. The minimum absolute atomic E-state index is 0.141. The van der Waals surface area contributed by atoms with Crippen LogP contribution in [0.4, 0.5) is 4.39 Å². The van der Waals surface area contributed by atoms with Gasteiger partial charge in [-0.25, -0.2) is 9.37 Å². The Kier molecular flexibility index (Phi) is 5.38. The van der Waals surface area contributed by atoms with Gasteiger partial charge in [0.1, 0.15) is 12.4 Å². The molecule has 0 aliphatic rings. The average Bonchev–Trinajstić information content (AvgIpc) is 3.15. The Morgan fingerprint density at radius 1 is 1.08 bits per heavy atom. The molecule has 0 aliphatic carbocycles. The van der Waals surface area contributed by atoms with Crippen LogP contribution in [-0.2, 0) is 16.1 Å². The number of nitrogens with zero attached hydrogens (tertiary/aromatic N) is 1. The van der Waals surface area contributed by atoms with E-state index in [0.29, 0.717) is 5.76 Å². The van der Waals surface area contributed by atoms with Crippen LogP contribution >= 0.6 is 0 Å². The highest BCUT2D eigenvalue weighted by Crippen LogP contribution is 2.19. The summed E-state index contributed by atoms with van der Waals surface area (Å²) in [5, 5.41) is 2.40. The number of benzene rings is 2. The normalized spacial score (nSPS) is 10.3. The lowest BCUT2D eigenvalue weighted by atomic mass is 10.2. The molecular formula is C19H15FN2O4. The Balaban J connectivity index is 1.46. The summed E-state index contributed by atoms with van der Waals surface area (Å²) >= 11 is 0. The van der Waals surface area contributed by atoms with Crippen LogP contribution in [0.5, 0.6) is 0 Å². The van der Waals surface area contributed by atoms with Crippen molar-refractivity contribution in [3.8, 4) is 11.3 Å². The third-order valence-electron chi connectivity index (χ3n) is 3.47. The van der Waals surface area contributed by atoms with E-state index < -0.39 is 17.7 Å². The zero-order valence-corrected chi connectivity index (χ0v) is 13.6. The van der Waals surface area contributed by atoms with Gasteiger partial charge < -0.3 is 14.5 Å². The van der Waals surface area contributed by atoms with Gasteiger partial charge in [0.05, 0.1) is 6.20 Å². The first kappa shape index (κ1) is 17.3. The van der Waals surface area contributed by atoms with Gasteiger partial charge in [0.15, 0.2) is 12.4 Å². The van der Waals surface area contributed by atoms with Gasteiger partial charge in [-0.1, -0.05) is 30.3 Å². The summed E-state index contributed by atoms with van der Waals surface area (Å²) in [5.74, 6) is -0.755. The first-order valence-corrected chi connectivity index (χ1v) is 7.81. The molecule has 0 saturated carbocycles. The minimum atomic E-state index is -0.639. The van der Waals surface area contributed by atoms with Crippen molar-refractivity contribution in [1.82, 2.24) is 10.3 Å². The fraction of sp³-hybridized carbons (Fsp3) is 0.105. The van der Waals surface area contributed by atoms with Crippen molar-refractivity contribution in [2.45, 2.75) is 6.61 Å². The summed E-state index contributed by atoms with van der Waals surface area (Å²) in [6, 6.07) is 14.4. The topological polar surface area (TPSA) is 81.4 Å². The standard InChI is InChI=1S/C19H15FN2O4/c20-15-8-6-14(7-9-15)19(24)22-11-18(23)25-12-17-21-10-16(26-17)13-4-2-1-3-5-13/h1-10H,11-12H2,(H,22,24). The lowest BCUT2D eigenvalue weighted by Gasteiger charge is -2.05. The van der Waals surface area contributed by atoms with Crippen molar-refractivity contribution >= 4 is 11.9 Å². The Morgan fingerprint density at radius 3 is 2.54 bits per heavy atom. The van der Waals surface area contributed by atoms with Crippen molar-refractivity contribution in [3.05, 3.63) is 78.1 Å². The molecular weight excluding hydrogens is 339 g/mol. The Bertz CT molecular complexity index is 891. The van der Waals surface area contributed by atoms with Crippen molar-refractivity contribution in [2.24, 2.45) is 0 Å². The number of esters is 1. The third-order valence-corrected chi connectivity index (χ3v) is 3.47. The smallest absolute Gasteiger partial charge is 0.325 e. The van der Waals surface area contributed by atoms with Crippen molar-refractivity contribution in [2.75, 3.05) is 6.54 Å². The van der Waals surface area contributed by atoms with E-state index in [0.717, 1.165) is 5.56 Å². The van der Waals surface area contributed by atoms with Gasteiger partial charge >= 0.3 is 5.97 Å². The van der Waals surface area contributed by atoms with Crippen LogP contribution in [-0.4, -0.2) is 23.4 Å². The highest BCUT2D eigenvalue weighted by molar-refractivity contribution is 5.95. The molecule has 0 fully saturated rings. The zero-order valence-electron chi connectivity index (χ0n) is 13.6. The molecule has 1 heterocycles. The molecule has 0 radical (unpaired) electrons. The molecule has 1 aromatic heterocycles. The molecule has 0 unspecified atom stereocenters. The van der Waals surface area contributed by atoms with Gasteiger partial charge in [-0.05, 0) is 24.3 Å². The first-order valence-electron chi connectivity index (χ1n) is 7.81. The number of halogens is 1. The molecule has 0 atom stereocenters. The molecule has 1 amide bonds. The zero-order chi connectivity index (χ0) is 18.4. The summed E-state index contributed by atoms with van der Waals surface area (Å²) in [6.07, 6.45) is 1.55. The molecule has 0 saturated heterocycles. The molecule has 0 bridgehead atoms.